The maximum atomic E-state index is 5.72. The second-order valence-electron chi connectivity index (χ2n) is 4.63. The summed E-state index contributed by atoms with van der Waals surface area (Å²) >= 11 is 1.80. The lowest BCUT2D eigenvalue weighted by Crippen LogP contribution is -2.29. The van der Waals surface area contributed by atoms with Crippen molar-refractivity contribution in [3.63, 3.8) is 0 Å². The zero-order valence-corrected chi connectivity index (χ0v) is 11.7. The summed E-state index contributed by atoms with van der Waals surface area (Å²) in [5, 5.41) is 2.12. The fraction of sp³-hybridized carbons (Fsp3) is 0.357. The molecule has 0 aliphatic rings. The van der Waals surface area contributed by atoms with Crippen LogP contribution in [0.5, 0.6) is 0 Å². The fourth-order valence-corrected chi connectivity index (χ4v) is 2.55. The van der Waals surface area contributed by atoms with Crippen molar-refractivity contribution in [3.05, 3.63) is 46.3 Å². The molecule has 0 spiro atoms. The van der Waals surface area contributed by atoms with Crippen LogP contribution < -0.4 is 5.73 Å². The molecule has 0 radical (unpaired) electrons. The average Bonchev–Trinajstić information content (AvgIpc) is 2.81. The van der Waals surface area contributed by atoms with Crippen molar-refractivity contribution in [2.75, 3.05) is 5.73 Å². The molecule has 0 saturated heterocycles. The number of pyridine rings is 1. The van der Waals surface area contributed by atoms with Crippen LogP contribution in [0.4, 0.5) is 5.82 Å². The van der Waals surface area contributed by atoms with Gasteiger partial charge in [0.25, 0.3) is 0 Å². The fourth-order valence-electron chi connectivity index (χ4n) is 1.82. The van der Waals surface area contributed by atoms with E-state index in [-0.39, 0.29) is 0 Å². The van der Waals surface area contributed by atoms with Crippen LogP contribution in [0.1, 0.15) is 24.4 Å². The molecular weight excluding hydrogens is 242 g/mol. The Morgan fingerprint density at radius 1 is 1.22 bits per heavy atom. The van der Waals surface area contributed by atoms with Crippen LogP contribution in [-0.2, 0) is 13.1 Å². The first kappa shape index (κ1) is 13.1. The van der Waals surface area contributed by atoms with Crippen molar-refractivity contribution in [2.45, 2.75) is 33.0 Å². The number of thiophene rings is 1. The zero-order valence-electron chi connectivity index (χ0n) is 10.8. The normalized spacial score (nSPS) is 11.3. The van der Waals surface area contributed by atoms with Gasteiger partial charge in [0.05, 0.1) is 5.69 Å². The molecule has 0 atom stereocenters. The van der Waals surface area contributed by atoms with Gasteiger partial charge in [0.15, 0.2) is 0 Å². The van der Waals surface area contributed by atoms with Crippen molar-refractivity contribution in [3.8, 4) is 0 Å². The molecule has 0 fully saturated rings. The largest absolute Gasteiger partial charge is 0.384 e. The summed E-state index contributed by atoms with van der Waals surface area (Å²) in [6.45, 7) is 6.21. The molecule has 0 unspecified atom stereocenters. The number of hydrogen-bond donors (Lipinski definition) is 1. The van der Waals surface area contributed by atoms with E-state index in [9.17, 15) is 0 Å². The standard InChI is InChI=1S/C14H19N3S/c1-11(2)17(10-13-6-4-8-18-13)9-12-5-3-7-14(15)16-12/h3-8,11H,9-10H2,1-2H3,(H2,15,16). The quantitative estimate of drug-likeness (QED) is 0.899. The Morgan fingerprint density at radius 3 is 2.67 bits per heavy atom. The Bertz CT molecular complexity index is 480. The van der Waals surface area contributed by atoms with Gasteiger partial charge in [-0.05, 0) is 37.4 Å². The lowest BCUT2D eigenvalue weighted by Gasteiger charge is -2.25. The van der Waals surface area contributed by atoms with Gasteiger partial charge in [0, 0.05) is 24.0 Å². The average molecular weight is 261 g/mol. The van der Waals surface area contributed by atoms with Gasteiger partial charge in [0.2, 0.25) is 0 Å². The molecule has 4 heteroatoms. The molecule has 2 heterocycles. The predicted octanol–water partition coefficient (Wildman–Crippen LogP) is 3.14. The van der Waals surface area contributed by atoms with E-state index in [1.165, 1.54) is 4.88 Å². The Morgan fingerprint density at radius 2 is 2.06 bits per heavy atom. The van der Waals surface area contributed by atoms with E-state index in [0.29, 0.717) is 11.9 Å². The van der Waals surface area contributed by atoms with E-state index >= 15 is 0 Å². The summed E-state index contributed by atoms with van der Waals surface area (Å²) in [5.41, 5.74) is 6.75. The molecule has 2 rings (SSSR count). The Balaban J connectivity index is 2.07. The molecule has 0 bridgehead atoms. The van der Waals surface area contributed by atoms with Gasteiger partial charge in [-0.1, -0.05) is 12.1 Å². The van der Waals surface area contributed by atoms with E-state index < -0.39 is 0 Å². The van der Waals surface area contributed by atoms with Crippen molar-refractivity contribution < 1.29 is 0 Å². The number of nitrogens with two attached hydrogens (primary N) is 1. The Labute approximate surface area is 112 Å². The van der Waals surface area contributed by atoms with Crippen molar-refractivity contribution >= 4 is 17.2 Å². The van der Waals surface area contributed by atoms with Crippen molar-refractivity contribution in [2.24, 2.45) is 0 Å². The van der Waals surface area contributed by atoms with E-state index in [1.807, 2.05) is 18.2 Å². The molecule has 3 nitrogen and oxygen atoms in total. The zero-order chi connectivity index (χ0) is 13.0. The minimum absolute atomic E-state index is 0.482. The lowest BCUT2D eigenvalue weighted by atomic mass is 10.2. The molecule has 2 N–H and O–H groups in total. The van der Waals surface area contributed by atoms with Gasteiger partial charge in [-0.15, -0.1) is 11.3 Å². The maximum Gasteiger partial charge on any atom is 0.123 e. The van der Waals surface area contributed by atoms with Crippen LogP contribution in [0.25, 0.3) is 0 Å². The summed E-state index contributed by atoms with van der Waals surface area (Å²) in [4.78, 5) is 8.14. The van der Waals surface area contributed by atoms with Gasteiger partial charge in [-0.2, -0.15) is 0 Å². The Hall–Kier alpha value is -1.39. The van der Waals surface area contributed by atoms with Crippen LogP contribution in [0, 0.1) is 0 Å². The molecular formula is C14H19N3S. The summed E-state index contributed by atoms with van der Waals surface area (Å²) in [6, 6.07) is 10.6. The summed E-state index contributed by atoms with van der Waals surface area (Å²) in [5.74, 6) is 0.590. The second kappa shape index (κ2) is 5.98. The summed E-state index contributed by atoms with van der Waals surface area (Å²) in [6.07, 6.45) is 0. The highest BCUT2D eigenvalue weighted by Crippen LogP contribution is 2.16. The van der Waals surface area contributed by atoms with E-state index in [1.54, 1.807) is 11.3 Å². The van der Waals surface area contributed by atoms with Crippen LogP contribution in [-0.4, -0.2) is 15.9 Å². The second-order valence-corrected chi connectivity index (χ2v) is 5.66. The highest BCUT2D eigenvalue weighted by Gasteiger charge is 2.12. The number of anilines is 1. The van der Waals surface area contributed by atoms with Gasteiger partial charge >= 0.3 is 0 Å². The molecule has 2 aromatic heterocycles. The molecule has 0 aliphatic carbocycles. The first-order valence-corrected chi connectivity index (χ1v) is 7.01. The van der Waals surface area contributed by atoms with Gasteiger partial charge in [-0.3, -0.25) is 4.90 Å². The predicted molar refractivity (Wildman–Crippen MR) is 77.4 cm³/mol. The third-order valence-electron chi connectivity index (χ3n) is 2.86. The number of nitrogen functional groups attached to an aromatic ring is 1. The highest BCUT2D eigenvalue weighted by atomic mass is 32.1. The van der Waals surface area contributed by atoms with E-state index in [0.717, 1.165) is 18.8 Å². The van der Waals surface area contributed by atoms with Crippen LogP contribution in [0.3, 0.4) is 0 Å². The lowest BCUT2D eigenvalue weighted by molar-refractivity contribution is 0.203. The topological polar surface area (TPSA) is 42.1 Å². The maximum absolute atomic E-state index is 5.72. The minimum Gasteiger partial charge on any atom is -0.384 e. The number of rotatable bonds is 5. The van der Waals surface area contributed by atoms with E-state index in [2.05, 4.69) is 41.2 Å². The molecule has 2 aromatic rings. The number of nitrogens with zero attached hydrogens (tertiary/aromatic N) is 2. The van der Waals surface area contributed by atoms with Crippen molar-refractivity contribution in [1.29, 1.82) is 0 Å². The van der Waals surface area contributed by atoms with Gasteiger partial charge in [-0.25, -0.2) is 4.98 Å². The van der Waals surface area contributed by atoms with Crippen LogP contribution >= 0.6 is 11.3 Å². The van der Waals surface area contributed by atoms with Crippen molar-refractivity contribution in [1.82, 2.24) is 9.88 Å². The molecule has 0 aromatic carbocycles. The first-order valence-electron chi connectivity index (χ1n) is 6.13. The Kier molecular flexibility index (Phi) is 4.33. The molecule has 18 heavy (non-hydrogen) atoms. The summed E-state index contributed by atoms with van der Waals surface area (Å²) < 4.78 is 0. The van der Waals surface area contributed by atoms with E-state index in [4.69, 9.17) is 5.73 Å². The van der Waals surface area contributed by atoms with Gasteiger partial charge < -0.3 is 5.73 Å². The van der Waals surface area contributed by atoms with Crippen LogP contribution in [0.15, 0.2) is 35.7 Å². The third kappa shape index (κ3) is 3.55. The monoisotopic (exact) mass is 261 g/mol. The molecule has 0 amide bonds. The SMILES string of the molecule is CC(C)N(Cc1cccc(N)n1)Cc1cccs1. The molecule has 96 valence electrons. The first-order chi connectivity index (χ1) is 8.65. The van der Waals surface area contributed by atoms with Crippen LogP contribution in [0.2, 0.25) is 0 Å². The molecule has 0 aliphatic heterocycles. The molecule has 0 saturated carbocycles. The van der Waals surface area contributed by atoms with Gasteiger partial charge in [0.1, 0.15) is 5.82 Å². The highest BCUT2D eigenvalue weighted by molar-refractivity contribution is 7.09. The number of hydrogen-bond acceptors (Lipinski definition) is 4. The minimum atomic E-state index is 0.482. The third-order valence-corrected chi connectivity index (χ3v) is 3.72. The summed E-state index contributed by atoms with van der Waals surface area (Å²) in [7, 11) is 0. The smallest absolute Gasteiger partial charge is 0.123 e. The number of aromatic nitrogens is 1.